The lowest BCUT2D eigenvalue weighted by atomic mass is 9.89. The zero-order valence-electron chi connectivity index (χ0n) is 11.5. The van der Waals surface area contributed by atoms with Gasteiger partial charge in [0, 0.05) is 33.9 Å². The lowest BCUT2D eigenvalue weighted by molar-refractivity contribution is 0.0176. The smallest absolute Gasteiger partial charge is 0.262 e. The Bertz CT molecular complexity index is 671. The summed E-state index contributed by atoms with van der Waals surface area (Å²) in [6.45, 7) is 1.71. The van der Waals surface area contributed by atoms with Gasteiger partial charge in [-0.05, 0) is 53.4 Å². The first-order valence-corrected chi connectivity index (χ1v) is 9.41. The molecule has 5 nitrogen and oxygen atoms in total. The van der Waals surface area contributed by atoms with Gasteiger partial charge in [-0.25, -0.2) is 8.42 Å². The predicted octanol–water partition coefficient (Wildman–Crippen LogP) is 2.59. The highest BCUT2D eigenvalue weighted by atomic mass is 79.9. The Hall–Kier alpha value is -0.630. The van der Waals surface area contributed by atoms with Crippen molar-refractivity contribution < 1.29 is 17.9 Å². The minimum atomic E-state index is -3.92. The second-order valence-corrected chi connectivity index (χ2v) is 8.37. The maximum absolute atomic E-state index is 12.2. The summed E-state index contributed by atoms with van der Waals surface area (Å²) in [5.41, 5.74) is 0.904. The standard InChI is InChI=1S/C13H15BrClNO4S/c1-7-3-8(4-11(12(7)14)21(15,18)19)13(17)16-9-5-10(6-9)20-2/h3-4,9-10H,5-6H2,1-2H3,(H,16,17). The highest BCUT2D eigenvalue weighted by molar-refractivity contribution is 9.10. The highest BCUT2D eigenvalue weighted by Crippen LogP contribution is 2.30. The zero-order valence-corrected chi connectivity index (χ0v) is 14.7. The number of carbonyl (C=O) groups is 1. The van der Waals surface area contributed by atoms with Crippen LogP contribution in [0, 0.1) is 6.92 Å². The molecule has 1 aromatic rings. The fraction of sp³-hybridized carbons (Fsp3) is 0.462. The van der Waals surface area contributed by atoms with Crippen LogP contribution >= 0.6 is 26.6 Å². The molecule has 0 bridgehead atoms. The predicted molar refractivity (Wildman–Crippen MR) is 83.2 cm³/mol. The molecule has 1 N–H and O–H groups in total. The summed E-state index contributed by atoms with van der Waals surface area (Å²) in [6.07, 6.45) is 1.71. The van der Waals surface area contributed by atoms with Gasteiger partial charge in [-0.3, -0.25) is 4.79 Å². The average Bonchev–Trinajstić information content (AvgIpc) is 2.34. The van der Waals surface area contributed by atoms with E-state index in [-0.39, 0.29) is 28.5 Å². The van der Waals surface area contributed by atoms with E-state index in [1.54, 1.807) is 20.1 Å². The van der Waals surface area contributed by atoms with Crippen LogP contribution in [0.4, 0.5) is 0 Å². The molecule has 1 aliphatic carbocycles. The number of aryl methyl sites for hydroxylation is 1. The minimum Gasteiger partial charge on any atom is -0.381 e. The van der Waals surface area contributed by atoms with Crippen LogP contribution in [0.1, 0.15) is 28.8 Å². The van der Waals surface area contributed by atoms with Gasteiger partial charge in [0.25, 0.3) is 15.0 Å². The van der Waals surface area contributed by atoms with E-state index in [1.807, 2.05) is 0 Å². The van der Waals surface area contributed by atoms with E-state index in [1.165, 1.54) is 6.07 Å². The molecule has 0 aliphatic heterocycles. The molecule has 1 fully saturated rings. The Labute approximate surface area is 136 Å². The third-order valence-electron chi connectivity index (χ3n) is 3.51. The Morgan fingerprint density at radius 1 is 1.43 bits per heavy atom. The van der Waals surface area contributed by atoms with Crippen molar-refractivity contribution in [3.8, 4) is 0 Å². The Balaban J connectivity index is 2.20. The molecule has 0 unspecified atom stereocenters. The van der Waals surface area contributed by atoms with Crippen molar-refractivity contribution in [2.24, 2.45) is 0 Å². The molecule has 0 radical (unpaired) electrons. The van der Waals surface area contributed by atoms with Gasteiger partial charge in [-0.15, -0.1) is 0 Å². The number of carbonyl (C=O) groups excluding carboxylic acids is 1. The van der Waals surface area contributed by atoms with Crippen LogP contribution in [0.2, 0.25) is 0 Å². The Morgan fingerprint density at radius 2 is 2.05 bits per heavy atom. The van der Waals surface area contributed by atoms with Gasteiger partial charge < -0.3 is 10.1 Å². The van der Waals surface area contributed by atoms with Crippen LogP contribution < -0.4 is 5.32 Å². The molecule has 116 valence electrons. The van der Waals surface area contributed by atoms with Crippen molar-refractivity contribution >= 4 is 41.6 Å². The van der Waals surface area contributed by atoms with Crippen molar-refractivity contribution in [2.75, 3.05) is 7.11 Å². The number of hydrogen-bond acceptors (Lipinski definition) is 4. The molecule has 0 atom stereocenters. The second-order valence-electron chi connectivity index (χ2n) is 5.04. The SMILES string of the molecule is COC1CC(NC(=O)c2cc(C)c(Br)c(S(=O)(=O)Cl)c2)C1. The molecular weight excluding hydrogens is 382 g/mol. The highest BCUT2D eigenvalue weighted by Gasteiger charge is 2.30. The van der Waals surface area contributed by atoms with Crippen molar-refractivity contribution in [1.82, 2.24) is 5.32 Å². The lowest BCUT2D eigenvalue weighted by Gasteiger charge is -2.34. The van der Waals surface area contributed by atoms with Crippen molar-refractivity contribution in [1.29, 1.82) is 0 Å². The monoisotopic (exact) mass is 395 g/mol. The summed E-state index contributed by atoms with van der Waals surface area (Å²) in [5, 5.41) is 2.85. The summed E-state index contributed by atoms with van der Waals surface area (Å²) in [7, 11) is 3.11. The summed E-state index contributed by atoms with van der Waals surface area (Å²) < 4.78 is 28.6. The third kappa shape index (κ3) is 3.77. The van der Waals surface area contributed by atoms with Crippen LogP contribution in [-0.2, 0) is 13.8 Å². The van der Waals surface area contributed by atoms with Crippen LogP contribution in [0.15, 0.2) is 21.5 Å². The quantitative estimate of drug-likeness (QED) is 0.794. The Kier molecular flexibility index (Phi) is 4.97. The number of nitrogens with one attached hydrogen (secondary N) is 1. The molecule has 21 heavy (non-hydrogen) atoms. The van der Waals surface area contributed by atoms with Crippen LogP contribution in [0.3, 0.4) is 0 Å². The number of benzene rings is 1. The fourth-order valence-electron chi connectivity index (χ4n) is 2.19. The number of methoxy groups -OCH3 is 1. The summed E-state index contributed by atoms with van der Waals surface area (Å²) >= 11 is 3.18. The van der Waals surface area contributed by atoms with Gasteiger partial charge in [-0.2, -0.15) is 0 Å². The van der Waals surface area contributed by atoms with E-state index in [0.29, 0.717) is 10.0 Å². The molecule has 0 spiro atoms. The van der Waals surface area contributed by atoms with E-state index in [2.05, 4.69) is 21.2 Å². The van der Waals surface area contributed by atoms with Crippen molar-refractivity contribution in [3.63, 3.8) is 0 Å². The Morgan fingerprint density at radius 3 is 2.57 bits per heavy atom. The van der Waals surface area contributed by atoms with E-state index >= 15 is 0 Å². The first kappa shape index (κ1) is 16.7. The van der Waals surface area contributed by atoms with Gasteiger partial charge in [0.05, 0.1) is 11.0 Å². The van der Waals surface area contributed by atoms with Gasteiger partial charge in [-0.1, -0.05) is 0 Å². The molecule has 0 heterocycles. The summed E-state index contributed by atoms with van der Waals surface area (Å²) in [5.74, 6) is -0.313. The minimum absolute atomic E-state index is 0.0578. The topological polar surface area (TPSA) is 72.5 Å². The van der Waals surface area contributed by atoms with Crippen LogP contribution in [0.25, 0.3) is 0 Å². The van der Waals surface area contributed by atoms with Gasteiger partial charge in [0.2, 0.25) is 0 Å². The molecule has 1 amide bonds. The molecule has 1 saturated carbocycles. The van der Waals surface area contributed by atoms with Gasteiger partial charge in [0.15, 0.2) is 0 Å². The first-order valence-electron chi connectivity index (χ1n) is 6.31. The summed E-state index contributed by atoms with van der Waals surface area (Å²) in [6, 6.07) is 2.96. The maximum Gasteiger partial charge on any atom is 0.262 e. The van der Waals surface area contributed by atoms with E-state index < -0.39 is 9.05 Å². The fourth-order valence-corrected chi connectivity index (χ4v) is 4.35. The lowest BCUT2D eigenvalue weighted by Crippen LogP contribution is -2.47. The summed E-state index contributed by atoms with van der Waals surface area (Å²) in [4.78, 5) is 12.1. The third-order valence-corrected chi connectivity index (χ3v) is 6.17. The molecule has 8 heteroatoms. The number of hydrogen-bond donors (Lipinski definition) is 1. The molecule has 2 rings (SSSR count). The normalized spacial score (nSPS) is 21.7. The molecule has 0 aromatic heterocycles. The van der Waals surface area contributed by atoms with E-state index in [0.717, 1.165) is 12.8 Å². The zero-order chi connectivity index (χ0) is 15.8. The largest absolute Gasteiger partial charge is 0.381 e. The molecule has 1 aromatic carbocycles. The van der Waals surface area contributed by atoms with E-state index in [4.69, 9.17) is 15.4 Å². The average molecular weight is 397 g/mol. The number of amides is 1. The number of ether oxygens (including phenoxy) is 1. The van der Waals surface area contributed by atoms with Crippen molar-refractivity contribution in [2.45, 2.75) is 36.8 Å². The maximum atomic E-state index is 12.2. The van der Waals surface area contributed by atoms with Gasteiger partial charge >= 0.3 is 0 Å². The van der Waals surface area contributed by atoms with Gasteiger partial charge in [0.1, 0.15) is 0 Å². The second kappa shape index (κ2) is 6.24. The number of halogens is 2. The first-order chi connectivity index (χ1) is 9.72. The van der Waals surface area contributed by atoms with Crippen LogP contribution in [0.5, 0.6) is 0 Å². The van der Waals surface area contributed by atoms with Crippen molar-refractivity contribution in [3.05, 3.63) is 27.7 Å². The molecule has 0 saturated heterocycles. The van der Waals surface area contributed by atoms with E-state index in [9.17, 15) is 13.2 Å². The van der Waals surface area contributed by atoms with Crippen LogP contribution in [-0.4, -0.2) is 33.6 Å². The number of rotatable bonds is 4. The molecule has 1 aliphatic rings. The molecular formula is C13H15BrClNO4S.